The number of carbonyl (C=O) groups excluding carboxylic acids is 2. The zero-order valence-electron chi connectivity index (χ0n) is 19.4. The van der Waals surface area contributed by atoms with Crippen LogP contribution in [-0.4, -0.2) is 48.7 Å². The first-order chi connectivity index (χ1) is 15.7. The molecule has 0 saturated carbocycles. The third kappa shape index (κ3) is 5.48. The van der Waals surface area contributed by atoms with Gasteiger partial charge in [-0.1, -0.05) is 13.8 Å². The maximum absolute atomic E-state index is 13.2. The molecule has 0 aliphatic rings. The van der Waals surface area contributed by atoms with Crippen LogP contribution >= 0.6 is 0 Å². The molecule has 0 spiro atoms. The lowest BCUT2D eigenvalue weighted by Gasteiger charge is -2.23. The molecule has 2 aromatic carbocycles. The Kier molecular flexibility index (Phi) is 8.52. The molecule has 0 saturated heterocycles. The van der Waals surface area contributed by atoms with Crippen molar-refractivity contribution in [3.63, 3.8) is 0 Å². The van der Waals surface area contributed by atoms with Gasteiger partial charge in [0.25, 0.3) is 10.0 Å². The second kappa shape index (κ2) is 10.9. The van der Waals surface area contributed by atoms with Gasteiger partial charge in [0.2, 0.25) is 17.6 Å². The Labute approximate surface area is 193 Å². The van der Waals surface area contributed by atoms with E-state index >= 15 is 0 Å². The van der Waals surface area contributed by atoms with Gasteiger partial charge in [-0.05, 0) is 18.2 Å². The molecule has 0 fully saturated rings. The quantitative estimate of drug-likeness (QED) is 0.550. The van der Waals surface area contributed by atoms with Crippen molar-refractivity contribution >= 4 is 33.2 Å². The average molecular weight is 481 g/mol. The first-order valence-corrected chi connectivity index (χ1v) is 11.5. The third-order valence-electron chi connectivity index (χ3n) is 4.72. The molecular formula is C22H28N2O8S. The molecule has 11 heteroatoms. The number of amides is 2. The molecule has 33 heavy (non-hydrogen) atoms. The van der Waals surface area contributed by atoms with Crippen molar-refractivity contribution in [1.82, 2.24) is 0 Å². The summed E-state index contributed by atoms with van der Waals surface area (Å²) in [7, 11) is 1.49. The number of nitrogens with zero attached hydrogens (tertiary/aromatic N) is 1. The highest BCUT2D eigenvalue weighted by atomic mass is 32.2. The van der Waals surface area contributed by atoms with Crippen LogP contribution in [0.25, 0.3) is 0 Å². The normalized spacial score (nSPS) is 10.8. The van der Waals surface area contributed by atoms with Crippen molar-refractivity contribution in [1.29, 1.82) is 0 Å². The second-order valence-electron chi connectivity index (χ2n) is 6.68. The van der Waals surface area contributed by atoms with Gasteiger partial charge in [0.15, 0.2) is 11.5 Å². The Morgan fingerprint density at radius 2 is 1.33 bits per heavy atom. The number of ether oxygens (including phenoxy) is 4. The van der Waals surface area contributed by atoms with Crippen molar-refractivity contribution in [3.05, 3.63) is 30.3 Å². The zero-order chi connectivity index (χ0) is 24.8. The molecule has 0 atom stereocenters. The van der Waals surface area contributed by atoms with Crippen molar-refractivity contribution in [3.8, 4) is 23.0 Å². The minimum atomic E-state index is -4.14. The standard InChI is InChI=1S/C22H28N2O8S/c1-7-20(25)24(21(26)8-2)16-13-15(9-10-17(16)29-3)33(27,28)23-14-11-18(30-4)22(32-6)19(12-14)31-5/h9-13,23H,7-8H2,1-6H3. The number of hydrogen-bond donors (Lipinski definition) is 1. The van der Waals surface area contributed by atoms with Crippen LogP contribution in [0.5, 0.6) is 23.0 Å². The van der Waals surface area contributed by atoms with E-state index in [9.17, 15) is 18.0 Å². The minimum Gasteiger partial charge on any atom is -0.495 e. The number of sulfonamides is 1. The Hall–Kier alpha value is -3.47. The van der Waals surface area contributed by atoms with Crippen LogP contribution in [0.15, 0.2) is 35.2 Å². The smallest absolute Gasteiger partial charge is 0.261 e. The summed E-state index contributed by atoms with van der Waals surface area (Å²) in [4.78, 5) is 25.7. The van der Waals surface area contributed by atoms with Crippen LogP contribution in [0.2, 0.25) is 0 Å². The van der Waals surface area contributed by atoms with Gasteiger partial charge in [-0.25, -0.2) is 13.3 Å². The highest BCUT2D eigenvalue weighted by Crippen LogP contribution is 2.40. The van der Waals surface area contributed by atoms with E-state index in [4.69, 9.17) is 18.9 Å². The molecule has 0 unspecified atom stereocenters. The van der Waals surface area contributed by atoms with E-state index in [-0.39, 0.29) is 46.4 Å². The fraction of sp³-hybridized carbons (Fsp3) is 0.364. The lowest BCUT2D eigenvalue weighted by molar-refractivity contribution is -0.126. The zero-order valence-corrected chi connectivity index (χ0v) is 20.2. The fourth-order valence-corrected chi connectivity index (χ4v) is 4.15. The maximum atomic E-state index is 13.2. The highest BCUT2D eigenvalue weighted by molar-refractivity contribution is 7.92. The van der Waals surface area contributed by atoms with Gasteiger partial charge in [0.05, 0.1) is 44.7 Å². The summed E-state index contributed by atoms with van der Waals surface area (Å²) in [5.74, 6) is 0.0582. The number of anilines is 2. The second-order valence-corrected chi connectivity index (χ2v) is 8.37. The summed E-state index contributed by atoms with van der Waals surface area (Å²) in [6, 6.07) is 6.81. The molecule has 0 aliphatic heterocycles. The summed E-state index contributed by atoms with van der Waals surface area (Å²) < 4.78 is 49.8. The Morgan fingerprint density at radius 1 is 0.818 bits per heavy atom. The minimum absolute atomic E-state index is 0.0453. The summed E-state index contributed by atoms with van der Waals surface area (Å²) in [6.45, 7) is 3.22. The van der Waals surface area contributed by atoms with Crippen LogP contribution in [0, 0.1) is 0 Å². The van der Waals surface area contributed by atoms with E-state index < -0.39 is 21.8 Å². The predicted octanol–water partition coefficient (Wildman–Crippen LogP) is 3.20. The highest BCUT2D eigenvalue weighted by Gasteiger charge is 2.27. The number of methoxy groups -OCH3 is 4. The van der Waals surface area contributed by atoms with Gasteiger partial charge >= 0.3 is 0 Å². The van der Waals surface area contributed by atoms with Crippen molar-refractivity contribution in [2.45, 2.75) is 31.6 Å². The third-order valence-corrected chi connectivity index (χ3v) is 6.10. The Bertz CT molecular complexity index is 1090. The summed E-state index contributed by atoms with van der Waals surface area (Å²) in [6.07, 6.45) is 0.102. The van der Waals surface area contributed by atoms with Crippen LogP contribution in [0.4, 0.5) is 11.4 Å². The van der Waals surface area contributed by atoms with Crippen LogP contribution in [0.3, 0.4) is 0 Å². The molecule has 0 heterocycles. The molecule has 0 radical (unpaired) electrons. The van der Waals surface area contributed by atoms with Gasteiger partial charge in [0, 0.05) is 25.0 Å². The van der Waals surface area contributed by atoms with E-state index in [1.54, 1.807) is 13.8 Å². The largest absolute Gasteiger partial charge is 0.495 e. The summed E-state index contributed by atoms with van der Waals surface area (Å²) in [5, 5.41) is 0. The van der Waals surface area contributed by atoms with E-state index in [0.717, 1.165) is 4.90 Å². The van der Waals surface area contributed by atoms with E-state index in [0.29, 0.717) is 5.75 Å². The number of carbonyl (C=O) groups is 2. The molecule has 1 N–H and O–H groups in total. The van der Waals surface area contributed by atoms with Crippen LogP contribution in [-0.2, 0) is 19.6 Å². The number of benzene rings is 2. The molecule has 2 aromatic rings. The molecule has 2 rings (SSSR count). The maximum Gasteiger partial charge on any atom is 0.261 e. The number of nitrogens with one attached hydrogen (secondary N) is 1. The molecule has 2 amide bonds. The lowest BCUT2D eigenvalue weighted by atomic mass is 10.2. The summed E-state index contributed by atoms with van der Waals surface area (Å²) in [5.41, 5.74) is 0.206. The average Bonchev–Trinajstić information content (AvgIpc) is 2.82. The van der Waals surface area contributed by atoms with Crippen molar-refractivity contribution in [2.24, 2.45) is 0 Å². The van der Waals surface area contributed by atoms with Crippen molar-refractivity contribution < 1.29 is 37.0 Å². The Balaban J connectivity index is 2.57. The topological polar surface area (TPSA) is 120 Å². The first-order valence-electron chi connectivity index (χ1n) is 10.0. The van der Waals surface area contributed by atoms with E-state index in [2.05, 4.69) is 4.72 Å². The molecular weight excluding hydrogens is 452 g/mol. The van der Waals surface area contributed by atoms with Crippen LogP contribution in [0.1, 0.15) is 26.7 Å². The first kappa shape index (κ1) is 25.8. The molecule has 0 aliphatic carbocycles. The number of hydrogen-bond acceptors (Lipinski definition) is 8. The monoisotopic (exact) mass is 480 g/mol. The van der Waals surface area contributed by atoms with Gasteiger partial charge in [-0.2, -0.15) is 0 Å². The number of imide groups is 1. The Morgan fingerprint density at radius 3 is 1.76 bits per heavy atom. The van der Waals surface area contributed by atoms with Gasteiger partial charge in [-0.3, -0.25) is 14.3 Å². The number of rotatable bonds is 10. The molecule has 180 valence electrons. The SMILES string of the molecule is CCC(=O)N(C(=O)CC)c1cc(S(=O)(=O)Nc2cc(OC)c(OC)c(OC)c2)ccc1OC. The van der Waals surface area contributed by atoms with Gasteiger partial charge in [-0.15, -0.1) is 0 Å². The van der Waals surface area contributed by atoms with Gasteiger partial charge in [0.1, 0.15) is 5.75 Å². The fourth-order valence-electron chi connectivity index (χ4n) is 3.09. The van der Waals surface area contributed by atoms with E-state index in [1.165, 1.54) is 58.8 Å². The molecule has 0 aromatic heterocycles. The van der Waals surface area contributed by atoms with Gasteiger partial charge < -0.3 is 18.9 Å². The van der Waals surface area contributed by atoms with E-state index in [1.807, 2.05) is 0 Å². The predicted molar refractivity (Wildman–Crippen MR) is 123 cm³/mol. The van der Waals surface area contributed by atoms with Crippen molar-refractivity contribution in [2.75, 3.05) is 38.1 Å². The summed E-state index contributed by atoms with van der Waals surface area (Å²) >= 11 is 0. The molecule has 10 nitrogen and oxygen atoms in total. The lowest BCUT2D eigenvalue weighted by Crippen LogP contribution is -2.36. The molecule has 0 bridgehead atoms. The van der Waals surface area contributed by atoms with Crippen LogP contribution < -0.4 is 28.6 Å².